The molecule has 62 heavy (non-hydrogen) atoms. The van der Waals surface area contributed by atoms with Gasteiger partial charge in [0, 0.05) is 44.3 Å². The van der Waals surface area contributed by atoms with Crippen LogP contribution in [0.25, 0.3) is 54.9 Å². The maximum absolute atomic E-state index is 7.22. The molecule has 0 bridgehead atoms. The molecule has 0 saturated carbocycles. The summed E-state index contributed by atoms with van der Waals surface area (Å²) in [6.07, 6.45) is 0. The standard InChI is InChI=1S/C60H41NO/c1-59(2)50-25-13-10-23-46(50)48-32-30-42(37-55(48)59)61(56-27-15-12-20-43(56)38-16-4-3-5-17-38)41-31-35-52-49(36-41)47-24-11-14-26-51(47)60(52)53-33-28-39-18-6-8-21-44(39)57(53)62-58-45-22-9-7-19-40(45)29-34-54(58)60/h3-37H,1-2H3. The minimum atomic E-state index is -0.614. The summed E-state index contributed by atoms with van der Waals surface area (Å²) in [6.45, 7) is 4.73. The molecule has 1 aliphatic heterocycles. The number of benzene rings is 10. The molecule has 292 valence electrons. The van der Waals surface area contributed by atoms with Crippen LogP contribution in [0.4, 0.5) is 17.1 Å². The molecule has 3 aliphatic rings. The van der Waals surface area contributed by atoms with Crippen molar-refractivity contribution in [3.63, 3.8) is 0 Å². The quantitative estimate of drug-likeness (QED) is 0.176. The number of para-hydroxylation sites is 1. The van der Waals surface area contributed by atoms with E-state index in [1.165, 1.54) is 77.5 Å². The third kappa shape index (κ3) is 4.69. The van der Waals surface area contributed by atoms with E-state index < -0.39 is 5.41 Å². The molecule has 0 aromatic heterocycles. The third-order valence-corrected chi connectivity index (χ3v) is 14.1. The summed E-state index contributed by atoms with van der Waals surface area (Å²) >= 11 is 0. The van der Waals surface area contributed by atoms with Gasteiger partial charge in [-0.05, 0) is 91.2 Å². The van der Waals surface area contributed by atoms with Crippen LogP contribution in [-0.2, 0) is 10.8 Å². The predicted molar refractivity (Wildman–Crippen MR) is 257 cm³/mol. The van der Waals surface area contributed by atoms with Crippen LogP contribution in [0.5, 0.6) is 11.5 Å². The molecule has 0 fully saturated rings. The number of anilines is 3. The van der Waals surface area contributed by atoms with Gasteiger partial charge in [0.2, 0.25) is 0 Å². The normalized spacial score (nSPS) is 14.4. The Bertz CT molecular complexity index is 3400. The molecular formula is C60H41NO. The molecule has 2 aliphatic carbocycles. The van der Waals surface area contributed by atoms with Gasteiger partial charge < -0.3 is 9.64 Å². The Balaban J connectivity index is 1.09. The van der Waals surface area contributed by atoms with Crippen molar-refractivity contribution in [2.24, 2.45) is 0 Å². The zero-order chi connectivity index (χ0) is 41.2. The molecule has 10 aromatic carbocycles. The first kappa shape index (κ1) is 35.1. The summed E-state index contributed by atoms with van der Waals surface area (Å²) in [6, 6.07) is 78.4. The molecule has 0 N–H and O–H groups in total. The Morgan fingerprint density at radius 3 is 1.56 bits per heavy atom. The number of hydrogen-bond acceptors (Lipinski definition) is 2. The van der Waals surface area contributed by atoms with Crippen molar-refractivity contribution in [2.75, 3.05) is 4.90 Å². The van der Waals surface area contributed by atoms with Crippen LogP contribution < -0.4 is 9.64 Å². The Morgan fingerprint density at radius 1 is 0.355 bits per heavy atom. The van der Waals surface area contributed by atoms with E-state index in [1.54, 1.807) is 0 Å². The number of ether oxygens (including phenoxy) is 1. The van der Waals surface area contributed by atoms with Gasteiger partial charge in [0.05, 0.1) is 11.1 Å². The average molecular weight is 792 g/mol. The van der Waals surface area contributed by atoms with Gasteiger partial charge in [0.25, 0.3) is 0 Å². The van der Waals surface area contributed by atoms with Crippen LogP contribution in [0.2, 0.25) is 0 Å². The molecule has 10 aromatic rings. The van der Waals surface area contributed by atoms with Crippen molar-refractivity contribution in [1.82, 2.24) is 0 Å². The van der Waals surface area contributed by atoms with E-state index in [1.807, 2.05) is 0 Å². The fourth-order valence-corrected chi connectivity index (χ4v) is 11.3. The van der Waals surface area contributed by atoms with Crippen molar-refractivity contribution in [2.45, 2.75) is 24.7 Å². The van der Waals surface area contributed by atoms with Gasteiger partial charge >= 0.3 is 0 Å². The van der Waals surface area contributed by atoms with Crippen LogP contribution >= 0.6 is 0 Å². The fourth-order valence-electron chi connectivity index (χ4n) is 11.3. The molecule has 2 nitrogen and oxygen atoms in total. The van der Waals surface area contributed by atoms with Crippen molar-refractivity contribution in [3.05, 3.63) is 246 Å². The summed E-state index contributed by atoms with van der Waals surface area (Å²) in [5.74, 6) is 1.86. The summed E-state index contributed by atoms with van der Waals surface area (Å²) < 4.78 is 7.22. The molecule has 0 radical (unpaired) electrons. The number of nitrogens with zero attached hydrogens (tertiary/aromatic N) is 1. The summed E-state index contributed by atoms with van der Waals surface area (Å²) in [5.41, 5.74) is 17.7. The highest BCUT2D eigenvalue weighted by Gasteiger charge is 2.52. The van der Waals surface area contributed by atoms with E-state index in [2.05, 4.69) is 231 Å². The lowest BCUT2D eigenvalue weighted by atomic mass is 9.65. The second kappa shape index (κ2) is 12.9. The highest BCUT2D eigenvalue weighted by atomic mass is 16.5. The van der Waals surface area contributed by atoms with Crippen LogP contribution in [0.15, 0.2) is 212 Å². The summed E-state index contributed by atoms with van der Waals surface area (Å²) in [7, 11) is 0. The molecule has 0 saturated heterocycles. The molecule has 1 spiro atoms. The molecule has 2 heteroatoms. The smallest absolute Gasteiger partial charge is 0.140 e. The van der Waals surface area contributed by atoms with Crippen molar-refractivity contribution in [3.8, 4) is 44.9 Å². The van der Waals surface area contributed by atoms with E-state index in [-0.39, 0.29) is 5.41 Å². The van der Waals surface area contributed by atoms with Gasteiger partial charge in [-0.15, -0.1) is 0 Å². The Hall–Kier alpha value is -7.68. The van der Waals surface area contributed by atoms with Crippen LogP contribution in [-0.4, -0.2) is 0 Å². The lowest BCUT2D eigenvalue weighted by molar-refractivity contribution is 0.447. The first-order chi connectivity index (χ1) is 30.5. The first-order valence-corrected chi connectivity index (χ1v) is 21.7. The molecule has 0 atom stereocenters. The maximum Gasteiger partial charge on any atom is 0.140 e. The topological polar surface area (TPSA) is 12.5 Å². The van der Waals surface area contributed by atoms with E-state index in [0.29, 0.717) is 0 Å². The lowest BCUT2D eigenvalue weighted by Crippen LogP contribution is -2.32. The summed E-state index contributed by atoms with van der Waals surface area (Å²) in [4.78, 5) is 2.49. The van der Waals surface area contributed by atoms with Gasteiger partial charge in [-0.25, -0.2) is 0 Å². The highest BCUT2D eigenvalue weighted by molar-refractivity contribution is 6.01. The van der Waals surface area contributed by atoms with E-state index >= 15 is 0 Å². The number of fused-ring (bicyclic) bond motifs is 16. The van der Waals surface area contributed by atoms with Gasteiger partial charge in [0.1, 0.15) is 11.5 Å². The van der Waals surface area contributed by atoms with E-state index in [0.717, 1.165) is 39.3 Å². The van der Waals surface area contributed by atoms with Gasteiger partial charge in [-0.1, -0.05) is 196 Å². The predicted octanol–water partition coefficient (Wildman–Crippen LogP) is 15.9. The molecule has 13 rings (SSSR count). The monoisotopic (exact) mass is 791 g/mol. The fraction of sp³-hybridized carbons (Fsp3) is 0.0667. The first-order valence-electron chi connectivity index (χ1n) is 21.7. The third-order valence-electron chi connectivity index (χ3n) is 14.1. The molecule has 1 heterocycles. The highest BCUT2D eigenvalue weighted by Crippen LogP contribution is 2.64. The molecular weight excluding hydrogens is 751 g/mol. The Kier molecular flexibility index (Phi) is 7.31. The van der Waals surface area contributed by atoms with Gasteiger partial charge in [-0.3, -0.25) is 0 Å². The van der Waals surface area contributed by atoms with Crippen LogP contribution in [0, 0.1) is 0 Å². The van der Waals surface area contributed by atoms with Crippen molar-refractivity contribution in [1.29, 1.82) is 0 Å². The number of hydrogen-bond donors (Lipinski definition) is 0. The Labute approximate surface area is 362 Å². The second-order valence-corrected chi connectivity index (χ2v) is 17.6. The van der Waals surface area contributed by atoms with Crippen molar-refractivity contribution >= 4 is 38.6 Å². The summed E-state index contributed by atoms with van der Waals surface area (Å²) in [5, 5.41) is 4.58. The second-order valence-electron chi connectivity index (χ2n) is 17.6. The largest absolute Gasteiger partial charge is 0.455 e. The Morgan fingerprint density at radius 2 is 0.855 bits per heavy atom. The van der Waals surface area contributed by atoms with Gasteiger partial charge in [0.15, 0.2) is 0 Å². The number of rotatable bonds is 4. The van der Waals surface area contributed by atoms with Gasteiger partial charge in [-0.2, -0.15) is 0 Å². The SMILES string of the molecule is CC1(C)c2ccccc2-c2ccc(N(c3ccc4c(c3)-c3ccccc3C43c4ccc5ccccc5c4Oc4c3ccc3ccccc43)c3ccccc3-c3ccccc3)cc21. The molecule has 0 unspecified atom stereocenters. The van der Waals surface area contributed by atoms with Crippen molar-refractivity contribution < 1.29 is 4.74 Å². The zero-order valence-corrected chi connectivity index (χ0v) is 34.6. The van der Waals surface area contributed by atoms with Crippen LogP contribution in [0.1, 0.15) is 47.2 Å². The maximum atomic E-state index is 7.22. The van der Waals surface area contributed by atoms with E-state index in [9.17, 15) is 0 Å². The average Bonchev–Trinajstić information content (AvgIpc) is 3.74. The van der Waals surface area contributed by atoms with E-state index in [4.69, 9.17) is 4.74 Å². The lowest BCUT2D eigenvalue weighted by Gasteiger charge is -2.40. The molecule has 0 amide bonds. The minimum Gasteiger partial charge on any atom is -0.455 e. The minimum absolute atomic E-state index is 0.145. The van der Waals surface area contributed by atoms with Crippen LogP contribution in [0.3, 0.4) is 0 Å². The zero-order valence-electron chi connectivity index (χ0n) is 34.6.